The molecule has 0 saturated heterocycles. The highest BCUT2D eigenvalue weighted by molar-refractivity contribution is 5.87. The van der Waals surface area contributed by atoms with Crippen LogP contribution in [-0.4, -0.2) is 77.1 Å². The lowest BCUT2D eigenvalue weighted by Crippen LogP contribution is -2.48. The van der Waals surface area contributed by atoms with Crippen LogP contribution in [0.3, 0.4) is 0 Å². The molecule has 0 saturated carbocycles. The van der Waals surface area contributed by atoms with E-state index < -0.39 is 0 Å². The number of likely N-dealkylation sites (N-methyl/N-ethyl adjacent to an activating group) is 1. The molecule has 0 spiro atoms. The Balaban J connectivity index is 0.00000441. The summed E-state index contributed by atoms with van der Waals surface area (Å²) in [4.78, 5) is 34.2. The first-order chi connectivity index (χ1) is 18.6. The second kappa shape index (κ2) is 13.7. The van der Waals surface area contributed by atoms with E-state index in [-0.39, 0.29) is 55.2 Å². The van der Waals surface area contributed by atoms with Crippen LogP contribution in [0.25, 0.3) is 11.4 Å². The minimum atomic E-state index is -0.265. The molecule has 2 aromatic carbocycles. The zero-order chi connectivity index (χ0) is 28.1. The Hall–Kier alpha value is -3.50. The molecule has 2 amide bonds. The molecule has 0 bridgehead atoms. The van der Waals surface area contributed by atoms with Gasteiger partial charge in [0.05, 0.1) is 13.1 Å². The highest BCUT2D eigenvalue weighted by Gasteiger charge is 2.29. The fourth-order valence-electron chi connectivity index (χ4n) is 4.75. The number of fused-ring (bicyclic) bond motifs is 1. The van der Waals surface area contributed by atoms with Crippen molar-refractivity contribution in [2.24, 2.45) is 0 Å². The molecule has 1 aromatic heterocycles. The van der Waals surface area contributed by atoms with Crippen LogP contribution in [0.15, 0.2) is 40.9 Å². The molecule has 1 aliphatic rings. The van der Waals surface area contributed by atoms with Crippen LogP contribution >= 0.6 is 12.4 Å². The number of amides is 2. The molecule has 40 heavy (non-hydrogen) atoms. The van der Waals surface area contributed by atoms with Crippen molar-refractivity contribution < 1.29 is 18.5 Å². The summed E-state index contributed by atoms with van der Waals surface area (Å²) in [6.07, 6.45) is 1.28. The van der Waals surface area contributed by atoms with E-state index in [2.05, 4.69) is 20.8 Å². The SMILES string of the molecule is Cc1nc(-c2ccc(C)c(NCC(=O)N(CCNC(C)C)CC(=O)N(C)C3Cc4ccc(F)cc4C3)c2)no1.Cl. The van der Waals surface area contributed by atoms with E-state index in [0.717, 1.165) is 27.9 Å². The van der Waals surface area contributed by atoms with E-state index >= 15 is 0 Å². The normalized spacial score (nSPS) is 14.0. The predicted molar refractivity (Wildman–Crippen MR) is 155 cm³/mol. The second-order valence-corrected chi connectivity index (χ2v) is 10.4. The molecule has 216 valence electrons. The number of carbonyl (C=O) groups excluding carboxylic acids is 2. The van der Waals surface area contributed by atoms with Gasteiger partial charge in [0.2, 0.25) is 23.5 Å². The van der Waals surface area contributed by atoms with Crippen LogP contribution in [0.4, 0.5) is 10.1 Å². The predicted octanol–water partition coefficient (Wildman–Crippen LogP) is 3.78. The summed E-state index contributed by atoms with van der Waals surface area (Å²) in [5.41, 5.74) is 4.52. The van der Waals surface area contributed by atoms with Crippen molar-refractivity contribution in [1.29, 1.82) is 0 Å². The minimum absolute atomic E-state index is 0. The number of aryl methyl sites for hydroxylation is 2. The zero-order valence-corrected chi connectivity index (χ0v) is 24.5. The summed E-state index contributed by atoms with van der Waals surface area (Å²) < 4.78 is 18.8. The average molecular weight is 573 g/mol. The fraction of sp³-hybridized carbons (Fsp3) is 0.448. The maximum absolute atomic E-state index is 13.7. The number of nitrogens with zero attached hydrogens (tertiary/aromatic N) is 4. The van der Waals surface area contributed by atoms with E-state index in [1.165, 1.54) is 6.07 Å². The number of benzene rings is 2. The largest absolute Gasteiger partial charge is 0.376 e. The molecule has 0 fully saturated rings. The van der Waals surface area contributed by atoms with Gasteiger partial charge in [-0.3, -0.25) is 9.59 Å². The van der Waals surface area contributed by atoms with E-state index in [9.17, 15) is 14.0 Å². The van der Waals surface area contributed by atoms with Crippen molar-refractivity contribution >= 4 is 29.9 Å². The van der Waals surface area contributed by atoms with Crippen molar-refractivity contribution in [2.75, 3.05) is 38.5 Å². The van der Waals surface area contributed by atoms with Gasteiger partial charge in [0.15, 0.2) is 0 Å². The highest BCUT2D eigenvalue weighted by Crippen LogP contribution is 2.26. The zero-order valence-electron chi connectivity index (χ0n) is 23.7. The Bertz CT molecular complexity index is 1330. The second-order valence-electron chi connectivity index (χ2n) is 10.4. The van der Waals surface area contributed by atoms with Crippen LogP contribution in [0.1, 0.15) is 36.4 Å². The van der Waals surface area contributed by atoms with Gasteiger partial charge in [-0.15, -0.1) is 12.4 Å². The molecule has 1 aliphatic carbocycles. The Morgan fingerprint density at radius 3 is 2.55 bits per heavy atom. The quantitative estimate of drug-likeness (QED) is 0.360. The van der Waals surface area contributed by atoms with E-state index in [1.807, 2.05) is 39.0 Å². The lowest BCUT2D eigenvalue weighted by Gasteiger charge is -2.29. The smallest absolute Gasteiger partial charge is 0.242 e. The van der Waals surface area contributed by atoms with Gasteiger partial charge in [-0.2, -0.15) is 4.98 Å². The number of hydrogen-bond donors (Lipinski definition) is 2. The van der Waals surface area contributed by atoms with Crippen molar-refractivity contribution in [2.45, 2.75) is 52.6 Å². The molecule has 11 heteroatoms. The van der Waals surface area contributed by atoms with Crippen LogP contribution in [0.5, 0.6) is 0 Å². The number of nitrogens with one attached hydrogen (secondary N) is 2. The maximum atomic E-state index is 13.7. The number of anilines is 1. The molecule has 9 nitrogen and oxygen atoms in total. The molecule has 4 rings (SSSR count). The fourth-order valence-corrected chi connectivity index (χ4v) is 4.75. The number of hydrogen-bond acceptors (Lipinski definition) is 7. The molecule has 1 unspecified atom stereocenters. The maximum Gasteiger partial charge on any atom is 0.242 e. The Morgan fingerprint density at radius 1 is 1.10 bits per heavy atom. The Morgan fingerprint density at radius 2 is 1.85 bits per heavy atom. The van der Waals surface area contributed by atoms with Crippen molar-refractivity contribution in [1.82, 2.24) is 25.3 Å². The molecule has 1 heterocycles. The third-order valence-electron chi connectivity index (χ3n) is 7.09. The topological polar surface area (TPSA) is 104 Å². The van der Waals surface area contributed by atoms with Gasteiger partial charge in [0.1, 0.15) is 5.82 Å². The van der Waals surface area contributed by atoms with Gasteiger partial charge in [-0.1, -0.05) is 37.2 Å². The monoisotopic (exact) mass is 572 g/mol. The first-order valence-corrected chi connectivity index (χ1v) is 13.3. The van der Waals surface area contributed by atoms with Crippen molar-refractivity contribution in [3.05, 3.63) is 64.8 Å². The molecule has 2 N–H and O–H groups in total. The van der Waals surface area contributed by atoms with E-state index in [1.54, 1.807) is 35.9 Å². The standard InChI is InChI=1S/C29H37FN6O3.ClH/c1-18(2)31-10-11-36(17-28(38)35(5)25-13-21-8-9-24(30)12-23(21)14-25)27(37)16-32-26-15-22(7-6-19(26)3)29-33-20(4)39-34-29;/h6-9,12,15,18,25,31-32H,10-11,13-14,16-17H2,1-5H3;1H. The Kier molecular flexibility index (Phi) is 10.6. The first-order valence-electron chi connectivity index (χ1n) is 13.3. The highest BCUT2D eigenvalue weighted by atomic mass is 35.5. The molecule has 0 aliphatic heterocycles. The summed E-state index contributed by atoms with van der Waals surface area (Å²) in [5.74, 6) is 0.368. The van der Waals surface area contributed by atoms with Gasteiger partial charge in [0.25, 0.3) is 0 Å². The van der Waals surface area contributed by atoms with E-state index in [4.69, 9.17) is 4.52 Å². The van der Waals surface area contributed by atoms with Crippen LogP contribution in [0.2, 0.25) is 0 Å². The minimum Gasteiger partial charge on any atom is -0.376 e. The molecular formula is C29H38ClFN6O3. The van der Waals surface area contributed by atoms with E-state index in [0.29, 0.717) is 37.6 Å². The first kappa shape index (κ1) is 31.0. The summed E-state index contributed by atoms with van der Waals surface area (Å²) in [6, 6.07) is 10.7. The summed E-state index contributed by atoms with van der Waals surface area (Å²) >= 11 is 0. The average Bonchev–Trinajstić information content (AvgIpc) is 3.52. The summed E-state index contributed by atoms with van der Waals surface area (Å²) in [7, 11) is 1.76. The van der Waals surface area contributed by atoms with Gasteiger partial charge in [-0.05, 0) is 54.7 Å². The Labute approximate surface area is 240 Å². The third kappa shape index (κ3) is 7.79. The summed E-state index contributed by atoms with van der Waals surface area (Å²) in [6.45, 7) is 8.72. The van der Waals surface area contributed by atoms with Crippen LogP contribution in [-0.2, 0) is 22.4 Å². The van der Waals surface area contributed by atoms with Gasteiger partial charge >= 0.3 is 0 Å². The van der Waals surface area contributed by atoms with Crippen molar-refractivity contribution in [3.63, 3.8) is 0 Å². The van der Waals surface area contributed by atoms with Crippen molar-refractivity contribution in [3.8, 4) is 11.4 Å². The number of aromatic nitrogens is 2. The van der Waals surface area contributed by atoms with Crippen LogP contribution < -0.4 is 10.6 Å². The van der Waals surface area contributed by atoms with Gasteiger partial charge < -0.3 is 25.0 Å². The van der Waals surface area contributed by atoms with Crippen LogP contribution in [0, 0.1) is 19.7 Å². The number of carbonyl (C=O) groups is 2. The lowest BCUT2D eigenvalue weighted by atomic mass is 10.1. The number of rotatable bonds is 11. The molecule has 3 aromatic rings. The molecule has 1 atom stereocenters. The van der Waals surface area contributed by atoms with Gasteiger partial charge in [0, 0.05) is 50.4 Å². The third-order valence-corrected chi connectivity index (χ3v) is 7.09. The van der Waals surface area contributed by atoms with Gasteiger partial charge in [-0.25, -0.2) is 4.39 Å². The molecule has 0 radical (unpaired) electrons. The summed E-state index contributed by atoms with van der Waals surface area (Å²) in [5, 5.41) is 10.5. The lowest BCUT2D eigenvalue weighted by molar-refractivity contribution is -0.140. The number of halogens is 2. The molecular weight excluding hydrogens is 535 g/mol.